The topological polar surface area (TPSA) is 90.7 Å². The summed E-state index contributed by atoms with van der Waals surface area (Å²) in [5.41, 5.74) is 0.433. The van der Waals surface area contributed by atoms with Crippen LogP contribution in [0.1, 0.15) is 20.3 Å². The number of carbonyl (C=O) groups is 2. The molecule has 0 fully saturated rings. The number of amides is 1. The average molecular weight is 278 g/mol. The zero-order chi connectivity index (χ0) is 14.0. The monoisotopic (exact) mass is 278 g/mol. The molecule has 0 aliphatic carbocycles. The highest BCUT2D eigenvalue weighted by atomic mass is 32.1. The van der Waals surface area contributed by atoms with E-state index in [0.29, 0.717) is 5.69 Å². The summed E-state index contributed by atoms with van der Waals surface area (Å²) < 4.78 is 0. The summed E-state index contributed by atoms with van der Waals surface area (Å²) in [6.45, 7) is 0. The molecule has 7 heteroatoms. The van der Waals surface area contributed by atoms with Gasteiger partial charge in [-0.25, -0.2) is 9.78 Å². The molecule has 0 aliphatic rings. The number of anilines is 1. The normalized spacial score (nSPS) is 10.2. The third kappa shape index (κ3) is 2.71. The number of benzene rings is 1. The number of thiazole rings is 1. The molecule has 0 aliphatic heterocycles. The van der Waals surface area contributed by atoms with E-state index in [1.165, 1.54) is 22.4 Å². The second-order valence-electron chi connectivity index (χ2n) is 3.72. The van der Waals surface area contributed by atoms with Crippen molar-refractivity contribution in [3.8, 4) is 5.75 Å². The molecule has 0 bridgehead atoms. The third-order valence-corrected chi connectivity index (χ3v) is 3.28. The number of phenolic OH excluding ortho intramolecular Hbond substituents is 1. The van der Waals surface area contributed by atoms with Crippen LogP contribution in [-0.2, 0) is 0 Å². The molecule has 19 heavy (non-hydrogen) atoms. The third-order valence-electron chi connectivity index (χ3n) is 2.45. The molecule has 1 heterocycles. The van der Waals surface area contributed by atoms with E-state index in [0.717, 1.165) is 11.3 Å². The Morgan fingerprint density at radius 2 is 1.89 bits per heavy atom. The van der Waals surface area contributed by atoms with Gasteiger partial charge in [0.05, 0.1) is 0 Å². The van der Waals surface area contributed by atoms with Crippen LogP contribution in [0.5, 0.6) is 5.75 Å². The van der Waals surface area contributed by atoms with Crippen molar-refractivity contribution in [1.82, 2.24) is 4.98 Å². The lowest BCUT2D eigenvalue weighted by molar-refractivity contribution is 0.0691. The maximum atomic E-state index is 12.1. The van der Waals surface area contributed by atoms with E-state index in [4.69, 9.17) is 5.11 Å². The van der Waals surface area contributed by atoms with Crippen molar-refractivity contribution in [3.63, 3.8) is 0 Å². The molecule has 2 aromatic rings. The van der Waals surface area contributed by atoms with E-state index >= 15 is 0 Å². The first-order chi connectivity index (χ1) is 8.99. The second kappa shape index (κ2) is 5.07. The van der Waals surface area contributed by atoms with Crippen LogP contribution in [0.3, 0.4) is 0 Å². The minimum absolute atomic E-state index is 0.104. The highest BCUT2D eigenvalue weighted by Gasteiger charge is 2.19. The lowest BCUT2D eigenvalue weighted by Crippen LogP contribution is -2.26. The van der Waals surface area contributed by atoms with Crippen molar-refractivity contribution in [2.75, 3.05) is 11.9 Å². The van der Waals surface area contributed by atoms with Gasteiger partial charge in [0, 0.05) is 18.1 Å². The molecule has 2 rings (SSSR count). The molecule has 0 saturated heterocycles. The number of carboxylic acid groups (broad SMARTS) is 1. The second-order valence-corrected chi connectivity index (χ2v) is 4.58. The van der Waals surface area contributed by atoms with Gasteiger partial charge in [-0.2, -0.15) is 0 Å². The molecule has 0 atom stereocenters. The van der Waals surface area contributed by atoms with Gasteiger partial charge in [-0.1, -0.05) is 0 Å². The summed E-state index contributed by atoms with van der Waals surface area (Å²) in [6, 6.07) is 6.09. The summed E-state index contributed by atoms with van der Waals surface area (Å²) in [7, 11) is 1.55. The number of phenols is 1. The fourth-order valence-electron chi connectivity index (χ4n) is 1.41. The number of hydrogen-bond acceptors (Lipinski definition) is 5. The number of aromatic nitrogens is 1. The quantitative estimate of drug-likeness (QED) is 0.893. The van der Waals surface area contributed by atoms with Crippen LogP contribution in [-0.4, -0.2) is 34.1 Å². The Morgan fingerprint density at radius 3 is 2.42 bits per heavy atom. The molecule has 1 amide bonds. The molecule has 1 aromatic carbocycles. The van der Waals surface area contributed by atoms with Gasteiger partial charge in [0.2, 0.25) is 0 Å². The van der Waals surface area contributed by atoms with E-state index < -0.39 is 11.9 Å². The first kappa shape index (κ1) is 13.0. The number of aromatic carboxylic acids is 1. The zero-order valence-corrected chi connectivity index (χ0v) is 10.7. The Labute approximate surface area is 112 Å². The predicted molar refractivity (Wildman–Crippen MR) is 69.9 cm³/mol. The minimum Gasteiger partial charge on any atom is -0.508 e. The molecule has 1 aromatic heterocycles. The summed E-state index contributed by atoms with van der Waals surface area (Å²) >= 11 is 0.980. The number of nitrogens with zero attached hydrogens (tertiary/aromatic N) is 2. The van der Waals surface area contributed by atoms with Crippen LogP contribution < -0.4 is 4.90 Å². The Kier molecular flexibility index (Phi) is 3.48. The van der Waals surface area contributed by atoms with Crippen LogP contribution in [0, 0.1) is 0 Å². The molecular formula is C12H10N2O4S. The standard InChI is InChI=1S/C12H10N2O4S/c1-14(7-2-4-8(15)5-3-7)11(16)10-13-9(6-19-10)12(17)18/h2-6,15H,1H3,(H,17,18). The molecule has 2 N–H and O–H groups in total. The SMILES string of the molecule is CN(C(=O)c1nc(C(=O)O)cs1)c1ccc(O)cc1. The number of hydrogen-bond donors (Lipinski definition) is 2. The minimum atomic E-state index is -1.16. The Hall–Kier alpha value is -2.41. The molecule has 0 saturated carbocycles. The van der Waals surface area contributed by atoms with Gasteiger partial charge >= 0.3 is 5.97 Å². The van der Waals surface area contributed by atoms with Crippen molar-refractivity contribution >= 4 is 28.9 Å². The van der Waals surface area contributed by atoms with E-state index in [2.05, 4.69) is 4.98 Å². The van der Waals surface area contributed by atoms with Gasteiger partial charge in [0.1, 0.15) is 5.75 Å². The van der Waals surface area contributed by atoms with Crippen LogP contribution >= 0.6 is 11.3 Å². The summed E-state index contributed by atoms with van der Waals surface area (Å²) in [6.07, 6.45) is 0. The Morgan fingerprint density at radius 1 is 1.26 bits per heavy atom. The molecule has 0 unspecified atom stereocenters. The van der Waals surface area contributed by atoms with E-state index in [9.17, 15) is 14.7 Å². The maximum absolute atomic E-state index is 12.1. The van der Waals surface area contributed by atoms with Crippen LogP contribution in [0.4, 0.5) is 5.69 Å². The molecule has 0 spiro atoms. The van der Waals surface area contributed by atoms with Crippen molar-refractivity contribution in [2.24, 2.45) is 0 Å². The molecule has 0 radical (unpaired) electrons. The summed E-state index contributed by atoms with van der Waals surface area (Å²) in [5.74, 6) is -1.46. The summed E-state index contributed by atoms with van der Waals surface area (Å²) in [4.78, 5) is 27.9. The largest absolute Gasteiger partial charge is 0.508 e. The van der Waals surface area contributed by atoms with Gasteiger partial charge in [-0.15, -0.1) is 11.3 Å². The van der Waals surface area contributed by atoms with Gasteiger partial charge in [0.15, 0.2) is 10.7 Å². The number of aromatic hydroxyl groups is 1. The van der Waals surface area contributed by atoms with Crippen LogP contribution in [0.25, 0.3) is 0 Å². The van der Waals surface area contributed by atoms with Gasteiger partial charge in [-0.3, -0.25) is 4.79 Å². The van der Waals surface area contributed by atoms with Gasteiger partial charge in [0.25, 0.3) is 5.91 Å². The van der Waals surface area contributed by atoms with Gasteiger partial charge < -0.3 is 15.1 Å². The van der Waals surface area contributed by atoms with E-state index in [-0.39, 0.29) is 16.5 Å². The maximum Gasteiger partial charge on any atom is 0.355 e. The fraction of sp³-hybridized carbons (Fsp3) is 0.0833. The molecule has 6 nitrogen and oxygen atoms in total. The number of carboxylic acids is 1. The smallest absolute Gasteiger partial charge is 0.355 e. The average Bonchev–Trinajstić information content (AvgIpc) is 2.87. The predicted octanol–water partition coefficient (Wildman–Crippen LogP) is 1.82. The van der Waals surface area contributed by atoms with Crippen molar-refractivity contribution in [1.29, 1.82) is 0 Å². The summed E-state index contributed by atoms with van der Waals surface area (Å²) in [5, 5.41) is 19.4. The van der Waals surface area contributed by atoms with Crippen LogP contribution in [0.2, 0.25) is 0 Å². The van der Waals surface area contributed by atoms with E-state index in [1.807, 2.05) is 0 Å². The van der Waals surface area contributed by atoms with Crippen molar-refractivity contribution in [2.45, 2.75) is 0 Å². The lowest BCUT2D eigenvalue weighted by atomic mass is 10.3. The molecular weight excluding hydrogens is 268 g/mol. The fourth-order valence-corrected chi connectivity index (χ4v) is 2.17. The molecule has 98 valence electrons. The van der Waals surface area contributed by atoms with Crippen molar-refractivity contribution < 1.29 is 19.8 Å². The number of rotatable bonds is 3. The first-order valence-corrected chi connectivity index (χ1v) is 6.13. The Bertz CT molecular complexity index is 621. The van der Waals surface area contributed by atoms with Gasteiger partial charge in [-0.05, 0) is 24.3 Å². The van der Waals surface area contributed by atoms with E-state index in [1.54, 1.807) is 19.2 Å². The first-order valence-electron chi connectivity index (χ1n) is 5.25. The van der Waals surface area contributed by atoms with Crippen molar-refractivity contribution in [3.05, 3.63) is 40.3 Å². The zero-order valence-electron chi connectivity index (χ0n) is 9.90. The van der Waals surface area contributed by atoms with Crippen LogP contribution in [0.15, 0.2) is 29.6 Å². The number of carbonyl (C=O) groups excluding carboxylic acids is 1. The Balaban J connectivity index is 2.22. The highest BCUT2D eigenvalue weighted by molar-refractivity contribution is 7.12. The highest BCUT2D eigenvalue weighted by Crippen LogP contribution is 2.20. The lowest BCUT2D eigenvalue weighted by Gasteiger charge is -2.15.